The molecule has 0 unspecified atom stereocenters. The zero-order valence-electron chi connectivity index (χ0n) is 9.38. The Hall–Kier alpha value is -0.710. The van der Waals surface area contributed by atoms with Crippen molar-refractivity contribution in [1.29, 1.82) is 5.26 Å². The molecule has 0 spiro atoms. The highest BCUT2D eigenvalue weighted by atomic mass is 15.1. The average Bonchev–Trinajstić information content (AvgIpc) is 2.04. The van der Waals surface area contributed by atoms with Crippen molar-refractivity contribution in [3.05, 3.63) is 0 Å². The molecule has 0 atom stereocenters. The van der Waals surface area contributed by atoms with Gasteiger partial charge in [-0.1, -0.05) is 27.7 Å². The molecule has 0 rings (SSSR count). The van der Waals surface area contributed by atoms with Crippen molar-refractivity contribution in [2.24, 2.45) is 11.8 Å². The summed E-state index contributed by atoms with van der Waals surface area (Å²) in [5.74, 6) is 1.38. The van der Waals surface area contributed by atoms with Gasteiger partial charge in [-0.15, -0.1) is 0 Å². The normalized spacial score (nSPS) is 10.5. The van der Waals surface area contributed by atoms with Gasteiger partial charge in [-0.2, -0.15) is 5.26 Å². The number of rotatable bonds is 6. The lowest BCUT2D eigenvalue weighted by atomic mass is 10.1. The smallest absolute Gasteiger partial charge is 0.179 e. The van der Waals surface area contributed by atoms with Gasteiger partial charge in [0.2, 0.25) is 0 Å². The first-order valence-corrected chi connectivity index (χ1v) is 5.21. The van der Waals surface area contributed by atoms with E-state index in [9.17, 15) is 0 Å². The van der Waals surface area contributed by atoms with E-state index in [1.165, 1.54) is 0 Å². The number of nitrogens with zero attached hydrogens (tertiary/aromatic N) is 2. The first-order valence-electron chi connectivity index (χ1n) is 5.21. The maximum atomic E-state index is 8.83. The minimum absolute atomic E-state index is 0.690. The molecule has 0 saturated carbocycles. The third-order valence-electron chi connectivity index (χ3n) is 2.09. The predicted molar refractivity (Wildman–Crippen MR) is 56.1 cm³/mol. The van der Waals surface area contributed by atoms with E-state index in [0.717, 1.165) is 25.9 Å². The molecule has 0 bridgehead atoms. The van der Waals surface area contributed by atoms with E-state index in [0.29, 0.717) is 11.8 Å². The van der Waals surface area contributed by atoms with Crippen LogP contribution in [0.1, 0.15) is 40.5 Å². The average molecular weight is 182 g/mol. The van der Waals surface area contributed by atoms with Crippen molar-refractivity contribution in [3.8, 4) is 6.19 Å². The molecule has 0 aromatic carbocycles. The van der Waals surface area contributed by atoms with Crippen LogP contribution in [0.25, 0.3) is 0 Å². The van der Waals surface area contributed by atoms with Gasteiger partial charge in [-0.05, 0) is 24.7 Å². The SMILES string of the molecule is CC(C)CCN(C#N)CCC(C)C. The van der Waals surface area contributed by atoms with E-state index in [2.05, 4.69) is 33.9 Å². The molecule has 0 N–H and O–H groups in total. The molecule has 0 aliphatic heterocycles. The van der Waals surface area contributed by atoms with Crippen LogP contribution in [0, 0.1) is 23.3 Å². The Morgan fingerprint density at radius 1 is 1.00 bits per heavy atom. The second-order valence-corrected chi connectivity index (χ2v) is 4.45. The summed E-state index contributed by atoms with van der Waals surface area (Å²) in [6, 6.07) is 0. The summed E-state index contributed by atoms with van der Waals surface area (Å²) in [4.78, 5) is 1.88. The van der Waals surface area contributed by atoms with Gasteiger partial charge >= 0.3 is 0 Å². The molecule has 0 radical (unpaired) electrons. The van der Waals surface area contributed by atoms with Crippen molar-refractivity contribution in [2.45, 2.75) is 40.5 Å². The summed E-state index contributed by atoms with van der Waals surface area (Å²) in [5, 5.41) is 8.83. The maximum absolute atomic E-state index is 8.83. The van der Waals surface area contributed by atoms with Gasteiger partial charge in [0.15, 0.2) is 6.19 Å². The lowest BCUT2D eigenvalue weighted by molar-refractivity contribution is 0.335. The van der Waals surface area contributed by atoms with Crippen LogP contribution in [0.5, 0.6) is 0 Å². The second kappa shape index (κ2) is 6.77. The topological polar surface area (TPSA) is 27.0 Å². The lowest BCUT2D eigenvalue weighted by Crippen LogP contribution is -2.22. The zero-order chi connectivity index (χ0) is 10.3. The van der Waals surface area contributed by atoms with Crippen LogP contribution in [-0.4, -0.2) is 18.0 Å². The van der Waals surface area contributed by atoms with Crippen molar-refractivity contribution in [2.75, 3.05) is 13.1 Å². The summed E-state index contributed by atoms with van der Waals surface area (Å²) < 4.78 is 0. The van der Waals surface area contributed by atoms with E-state index in [1.807, 2.05) is 4.90 Å². The standard InChI is InChI=1S/C11H22N2/c1-10(2)5-7-13(9-12)8-6-11(3)4/h10-11H,5-8H2,1-4H3. The summed E-state index contributed by atoms with van der Waals surface area (Å²) in [7, 11) is 0. The Morgan fingerprint density at radius 2 is 1.38 bits per heavy atom. The van der Waals surface area contributed by atoms with Gasteiger partial charge in [0.25, 0.3) is 0 Å². The Bertz CT molecular complexity index is 144. The van der Waals surface area contributed by atoms with Gasteiger partial charge < -0.3 is 4.90 Å². The molecule has 0 heterocycles. The first-order chi connectivity index (χ1) is 6.06. The zero-order valence-corrected chi connectivity index (χ0v) is 9.38. The van der Waals surface area contributed by atoms with Crippen molar-refractivity contribution < 1.29 is 0 Å². The number of hydrogen-bond acceptors (Lipinski definition) is 2. The molecular formula is C11H22N2. The number of hydrogen-bond donors (Lipinski definition) is 0. The lowest BCUT2D eigenvalue weighted by Gasteiger charge is -2.17. The Kier molecular flexibility index (Phi) is 6.40. The van der Waals surface area contributed by atoms with Crippen LogP contribution in [-0.2, 0) is 0 Å². The highest BCUT2D eigenvalue weighted by Gasteiger charge is 2.04. The quantitative estimate of drug-likeness (QED) is 0.466. The molecule has 0 aromatic heterocycles. The molecule has 0 amide bonds. The summed E-state index contributed by atoms with van der Waals surface area (Å²) in [6.07, 6.45) is 4.48. The van der Waals surface area contributed by atoms with Gasteiger partial charge in [0.05, 0.1) is 0 Å². The van der Waals surface area contributed by atoms with E-state index < -0.39 is 0 Å². The predicted octanol–water partition coefficient (Wildman–Crippen LogP) is 2.86. The summed E-state index contributed by atoms with van der Waals surface area (Å²) >= 11 is 0. The van der Waals surface area contributed by atoms with Gasteiger partial charge in [-0.3, -0.25) is 0 Å². The fourth-order valence-corrected chi connectivity index (χ4v) is 1.04. The summed E-state index contributed by atoms with van der Waals surface area (Å²) in [6.45, 7) is 10.6. The molecular weight excluding hydrogens is 160 g/mol. The van der Waals surface area contributed by atoms with E-state index in [-0.39, 0.29) is 0 Å². The highest BCUT2D eigenvalue weighted by Crippen LogP contribution is 2.05. The van der Waals surface area contributed by atoms with Gasteiger partial charge in [0, 0.05) is 13.1 Å². The molecule has 0 fully saturated rings. The Balaban J connectivity index is 3.59. The monoisotopic (exact) mass is 182 g/mol. The third-order valence-corrected chi connectivity index (χ3v) is 2.09. The minimum Gasteiger partial charge on any atom is -0.311 e. The molecule has 2 nitrogen and oxygen atoms in total. The van der Waals surface area contributed by atoms with Crippen molar-refractivity contribution >= 4 is 0 Å². The van der Waals surface area contributed by atoms with E-state index >= 15 is 0 Å². The minimum atomic E-state index is 0.690. The molecule has 0 aliphatic carbocycles. The highest BCUT2D eigenvalue weighted by molar-refractivity contribution is 4.74. The summed E-state index contributed by atoms with van der Waals surface area (Å²) in [5.41, 5.74) is 0. The van der Waals surface area contributed by atoms with Crippen LogP contribution >= 0.6 is 0 Å². The van der Waals surface area contributed by atoms with Gasteiger partial charge in [0.1, 0.15) is 0 Å². The van der Waals surface area contributed by atoms with E-state index in [1.54, 1.807) is 0 Å². The van der Waals surface area contributed by atoms with Crippen molar-refractivity contribution in [1.82, 2.24) is 4.90 Å². The second-order valence-electron chi connectivity index (χ2n) is 4.45. The van der Waals surface area contributed by atoms with Crippen LogP contribution in [0.4, 0.5) is 0 Å². The number of nitriles is 1. The van der Waals surface area contributed by atoms with Gasteiger partial charge in [-0.25, -0.2) is 0 Å². The fourth-order valence-electron chi connectivity index (χ4n) is 1.04. The molecule has 0 saturated heterocycles. The Morgan fingerprint density at radius 3 is 1.62 bits per heavy atom. The third kappa shape index (κ3) is 7.64. The molecule has 76 valence electrons. The van der Waals surface area contributed by atoms with Crippen molar-refractivity contribution in [3.63, 3.8) is 0 Å². The molecule has 2 heteroatoms. The first kappa shape index (κ1) is 12.3. The molecule has 13 heavy (non-hydrogen) atoms. The molecule has 0 aromatic rings. The maximum Gasteiger partial charge on any atom is 0.179 e. The van der Waals surface area contributed by atoms with Crippen LogP contribution < -0.4 is 0 Å². The van der Waals surface area contributed by atoms with Crippen LogP contribution in [0.3, 0.4) is 0 Å². The largest absolute Gasteiger partial charge is 0.311 e. The van der Waals surface area contributed by atoms with Crippen LogP contribution in [0.2, 0.25) is 0 Å². The molecule has 0 aliphatic rings. The van der Waals surface area contributed by atoms with Crippen LogP contribution in [0.15, 0.2) is 0 Å². The fraction of sp³-hybridized carbons (Fsp3) is 0.909. The van der Waals surface area contributed by atoms with E-state index in [4.69, 9.17) is 5.26 Å². The Labute approximate surface area is 82.5 Å².